The Balaban J connectivity index is 1.75. The van der Waals surface area contributed by atoms with Gasteiger partial charge in [-0.3, -0.25) is 15.2 Å². The van der Waals surface area contributed by atoms with Gasteiger partial charge in [0, 0.05) is 18.9 Å². The number of alkyl halides is 3. The molecule has 132 valence electrons. The summed E-state index contributed by atoms with van der Waals surface area (Å²) < 4.78 is 39.8. The van der Waals surface area contributed by atoms with E-state index < -0.39 is 18.3 Å². The van der Waals surface area contributed by atoms with Gasteiger partial charge in [0.2, 0.25) is 0 Å². The third-order valence-electron chi connectivity index (χ3n) is 2.70. The number of carbonyl (C=O) groups is 2. The van der Waals surface area contributed by atoms with Crippen LogP contribution >= 0.6 is 0 Å². The molecule has 8 nitrogen and oxygen atoms in total. The number of amides is 3. The quantitative estimate of drug-likeness (QED) is 0.721. The van der Waals surface area contributed by atoms with Crippen LogP contribution in [0.3, 0.4) is 0 Å². The van der Waals surface area contributed by atoms with Gasteiger partial charge in [0.15, 0.2) is 0 Å². The summed E-state index contributed by atoms with van der Waals surface area (Å²) in [6, 6.07) is 4.25. The van der Waals surface area contributed by atoms with Crippen molar-refractivity contribution in [1.29, 1.82) is 0 Å². The molecule has 1 aromatic carbocycles. The van der Waals surface area contributed by atoms with Crippen LogP contribution in [-0.4, -0.2) is 28.3 Å². The van der Waals surface area contributed by atoms with Crippen LogP contribution in [0.5, 0.6) is 5.75 Å². The minimum atomic E-state index is -4.76. The molecule has 0 radical (unpaired) electrons. The molecule has 1 aromatic heterocycles. The summed E-state index contributed by atoms with van der Waals surface area (Å²) in [5.41, 5.74) is 4.77. The lowest BCUT2D eigenvalue weighted by Gasteiger charge is -2.10. The van der Waals surface area contributed by atoms with Gasteiger partial charge in [-0.2, -0.15) is 0 Å². The number of carbonyl (C=O) groups excluding carboxylic acids is 2. The molecule has 2 rings (SSSR count). The summed E-state index contributed by atoms with van der Waals surface area (Å²) in [5.74, 6) is -1.02. The highest BCUT2D eigenvalue weighted by atomic mass is 19.4. The Labute approximate surface area is 139 Å². The van der Waals surface area contributed by atoms with Crippen molar-refractivity contribution >= 4 is 11.9 Å². The van der Waals surface area contributed by atoms with Crippen molar-refractivity contribution in [3.63, 3.8) is 0 Å². The maximum absolute atomic E-state index is 12.0. The highest BCUT2D eigenvalue weighted by molar-refractivity contribution is 5.93. The summed E-state index contributed by atoms with van der Waals surface area (Å²) in [5, 5.41) is 2.41. The molecule has 0 aliphatic carbocycles. The number of aromatic nitrogens is 2. The number of hydrogen-bond acceptors (Lipinski definition) is 5. The van der Waals surface area contributed by atoms with E-state index in [-0.39, 0.29) is 18.0 Å². The highest BCUT2D eigenvalue weighted by Gasteiger charge is 2.30. The fourth-order valence-corrected chi connectivity index (χ4v) is 1.63. The van der Waals surface area contributed by atoms with Crippen molar-refractivity contribution in [2.45, 2.75) is 12.9 Å². The Morgan fingerprint density at radius 2 is 1.80 bits per heavy atom. The summed E-state index contributed by atoms with van der Waals surface area (Å²) in [7, 11) is 0. The number of benzene rings is 1. The Morgan fingerprint density at radius 1 is 1.08 bits per heavy atom. The van der Waals surface area contributed by atoms with Crippen LogP contribution in [-0.2, 0) is 6.54 Å². The van der Waals surface area contributed by atoms with Gasteiger partial charge >= 0.3 is 12.4 Å². The largest absolute Gasteiger partial charge is 0.573 e. The van der Waals surface area contributed by atoms with Gasteiger partial charge < -0.3 is 10.1 Å². The first-order chi connectivity index (χ1) is 11.8. The predicted octanol–water partition coefficient (Wildman–Crippen LogP) is 1.52. The van der Waals surface area contributed by atoms with E-state index >= 15 is 0 Å². The standard InChI is InChI=1S/C14H12F3N5O3/c15-14(16,17)25-10-3-1-9(2-4-10)7-20-13(24)22-21-12(23)11-8-18-5-6-19-11/h1-6,8H,7H2,(H,21,23)(H2,20,22,24). The molecule has 3 N–H and O–H groups in total. The lowest BCUT2D eigenvalue weighted by atomic mass is 10.2. The van der Waals surface area contributed by atoms with Gasteiger partial charge in [-0.25, -0.2) is 15.2 Å². The number of halogens is 3. The molecule has 0 atom stereocenters. The highest BCUT2D eigenvalue weighted by Crippen LogP contribution is 2.22. The summed E-state index contributed by atoms with van der Waals surface area (Å²) >= 11 is 0. The zero-order valence-corrected chi connectivity index (χ0v) is 12.5. The minimum Gasteiger partial charge on any atom is -0.406 e. The first kappa shape index (κ1) is 18.0. The molecule has 0 spiro atoms. The first-order valence-electron chi connectivity index (χ1n) is 6.78. The Hall–Kier alpha value is -3.37. The number of hydrazine groups is 1. The van der Waals surface area contributed by atoms with Gasteiger partial charge in [-0.15, -0.1) is 13.2 Å². The van der Waals surface area contributed by atoms with Crippen molar-refractivity contribution in [3.8, 4) is 5.75 Å². The van der Waals surface area contributed by atoms with Crippen molar-refractivity contribution < 1.29 is 27.5 Å². The summed E-state index contributed by atoms with van der Waals surface area (Å²) in [6.45, 7) is 0.0269. The molecule has 0 unspecified atom stereocenters. The molecule has 0 aliphatic heterocycles. The maximum atomic E-state index is 12.0. The van der Waals surface area contributed by atoms with E-state index in [0.717, 1.165) is 12.1 Å². The van der Waals surface area contributed by atoms with Gasteiger partial charge in [-0.1, -0.05) is 12.1 Å². The van der Waals surface area contributed by atoms with E-state index in [1.54, 1.807) is 0 Å². The fourth-order valence-electron chi connectivity index (χ4n) is 1.63. The molecule has 25 heavy (non-hydrogen) atoms. The number of hydrogen-bond donors (Lipinski definition) is 3. The first-order valence-corrected chi connectivity index (χ1v) is 6.78. The number of nitrogens with one attached hydrogen (secondary N) is 3. The van der Waals surface area contributed by atoms with Crippen LogP contribution in [0.4, 0.5) is 18.0 Å². The third kappa shape index (κ3) is 6.33. The lowest BCUT2D eigenvalue weighted by Crippen LogP contribution is -2.46. The molecule has 2 aromatic rings. The van der Waals surface area contributed by atoms with Crippen LogP contribution in [0.25, 0.3) is 0 Å². The SMILES string of the molecule is O=C(NCc1ccc(OC(F)(F)F)cc1)NNC(=O)c1cnccn1. The Morgan fingerprint density at radius 3 is 2.40 bits per heavy atom. The van der Waals surface area contributed by atoms with E-state index in [1.165, 1.54) is 30.7 Å². The zero-order valence-electron chi connectivity index (χ0n) is 12.5. The third-order valence-corrected chi connectivity index (χ3v) is 2.70. The normalized spacial score (nSPS) is 10.7. The summed E-state index contributed by atoms with van der Waals surface area (Å²) in [4.78, 5) is 30.6. The fraction of sp³-hybridized carbons (Fsp3) is 0.143. The molecular weight excluding hydrogens is 343 g/mol. The van der Waals surface area contributed by atoms with E-state index in [1.807, 2.05) is 0 Å². The van der Waals surface area contributed by atoms with Gasteiger partial charge in [0.1, 0.15) is 11.4 Å². The molecule has 0 saturated carbocycles. The monoisotopic (exact) mass is 355 g/mol. The number of nitrogens with zero attached hydrogens (tertiary/aromatic N) is 2. The molecule has 3 amide bonds. The van der Waals surface area contributed by atoms with Crippen molar-refractivity contribution in [1.82, 2.24) is 26.1 Å². The van der Waals surface area contributed by atoms with E-state index in [9.17, 15) is 22.8 Å². The molecule has 0 aliphatic rings. The molecule has 0 saturated heterocycles. The van der Waals surface area contributed by atoms with Crippen molar-refractivity contribution in [3.05, 3.63) is 54.1 Å². The molecular formula is C14H12F3N5O3. The van der Waals surface area contributed by atoms with E-state index in [4.69, 9.17) is 0 Å². The zero-order chi connectivity index (χ0) is 18.3. The number of rotatable bonds is 4. The lowest BCUT2D eigenvalue weighted by molar-refractivity contribution is -0.274. The molecule has 11 heteroatoms. The molecule has 0 bridgehead atoms. The maximum Gasteiger partial charge on any atom is 0.573 e. The van der Waals surface area contributed by atoms with Crippen LogP contribution in [0.15, 0.2) is 42.9 Å². The van der Waals surface area contributed by atoms with E-state index in [0.29, 0.717) is 5.56 Å². The number of urea groups is 1. The van der Waals surface area contributed by atoms with Crippen LogP contribution in [0.2, 0.25) is 0 Å². The Kier molecular flexibility index (Phi) is 5.71. The second-order valence-corrected chi connectivity index (χ2v) is 4.54. The van der Waals surface area contributed by atoms with Gasteiger partial charge in [0.25, 0.3) is 5.91 Å². The van der Waals surface area contributed by atoms with Gasteiger partial charge in [-0.05, 0) is 17.7 Å². The predicted molar refractivity (Wildman–Crippen MR) is 78.0 cm³/mol. The average Bonchev–Trinajstić information content (AvgIpc) is 2.58. The summed E-state index contributed by atoms with van der Waals surface area (Å²) in [6.07, 6.45) is -0.830. The second-order valence-electron chi connectivity index (χ2n) is 4.54. The van der Waals surface area contributed by atoms with Gasteiger partial charge in [0.05, 0.1) is 6.20 Å². The topological polar surface area (TPSA) is 105 Å². The van der Waals surface area contributed by atoms with E-state index in [2.05, 4.69) is 30.9 Å². The molecule has 0 fully saturated rings. The average molecular weight is 355 g/mol. The smallest absolute Gasteiger partial charge is 0.406 e. The molecule has 1 heterocycles. The number of ether oxygens (including phenoxy) is 1. The van der Waals surface area contributed by atoms with Crippen molar-refractivity contribution in [2.24, 2.45) is 0 Å². The second kappa shape index (κ2) is 7.95. The van der Waals surface area contributed by atoms with Crippen LogP contribution < -0.4 is 20.9 Å². The minimum absolute atomic E-state index is 0.0167. The van der Waals surface area contributed by atoms with Crippen molar-refractivity contribution in [2.75, 3.05) is 0 Å². The Bertz CT molecular complexity index is 723. The van der Waals surface area contributed by atoms with Crippen LogP contribution in [0, 0.1) is 0 Å². The van der Waals surface area contributed by atoms with Crippen LogP contribution in [0.1, 0.15) is 16.1 Å².